The maximum atomic E-state index is 6.02. The van der Waals surface area contributed by atoms with Crippen molar-refractivity contribution in [2.45, 2.75) is 39.7 Å². The highest BCUT2D eigenvalue weighted by atomic mass is 79.9. The highest BCUT2D eigenvalue weighted by Crippen LogP contribution is 2.24. The summed E-state index contributed by atoms with van der Waals surface area (Å²) in [6, 6.07) is 14.4. The highest BCUT2D eigenvalue weighted by Gasteiger charge is 2.13. The van der Waals surface area contributed by atoms with E-state index in [0.717, 1.165) is 27.9 Å². The lowest BCUT2D eigenvalue weighted by atomic mass is 9.87. The molecular weight excluding hydrogens is 422 g/mol. The van der Waals surface area contributed by atoms with E-state index in [1.807, 2.05) is 25.1 Å². The Labute approximate surface area is 175 Å². The van der Waals surface area contributed by atoms with Gasteiger partial charge in [0.25, 0.3) is 0 Å². The quantitative estimate of drug-likeness (QED) is 0.365. The fourth-order valence-electron chi connectivity index (χ4n) is 2.37. The zero-order valence-corrected chi connectivity index (χ0v) is 18.6. The SMILES string of the molecule is CCNC(=S)N/N=C/c1cc(Br)ccc1OCc1ccc(C(C)(C)C)cc1. The number of nitrogens with one attached hydrogen (secondary N) is 2. The van der Waals surface area contributed by atoms with Crippen LogP contribution in [-0.4, -0.2) is 17.9 Å². The molecule has 0 aliphatic heterocycles. The summed E-state index contributed by atoms with van der Waals surface area (Å²) in [6.45, 7) is 9.85. The van der Waals surface area contributed by atoms with E-state index in [-0.39, 0.29) is 5.41 Å². The van der Waals surface area contributed by atoms with Crippen molar-refractivity contribution in [1.82, 2.24) is 10.7 Å². The summed E-state index contributed by atoms with van der Waals surface area (Å²) in [5, 5.41) is 7.65. The van der Waals surface area contributed by atoms with Crippen molar-refractivity contribution >= 4 is 39.5 Å². The number of ether oxygens (including phenoxy) is 1. The summed E-state index contributed by atoms with van der Waals surface area (Å²) in [7, 11) is 0. The average Bonchev–Trinajstić information content (AvgIpc) is 2.61. The Hall–Kier alpha value is -1.92. The third-order valence-corrected chi connectivity index (χ3v) is 4.62. The Morgan fingerprint density at radius 1 is 1.19 bits per heavy atom. The third kappa shape index (κ3) is 6.96. The predicted molar refractivity (Wildman–Crippen MR) is 121 cm³/mol. The smallest absolute Gasteiger partial charge is 0.186 e. The molecule has 0 aliphatic carbocycles. The largest absolute Gasteiger partial charge is 0.488 e. The minimum Gasteiger partial charge on any atom is -0.488 e. The third-order valence-electron chi connectivity index (χ3n) is 3.89. The van der Waals surface area contributed by atoms with Gasteiger partial charge >= 0.3 is 0 Å². The van der Waals surface area contributed by atoms with Crippen LogP contribution >= 0.6 is 28.1 Å². The maximum absolute atomic E-state index is 6.02. The van der Waals surface area contributed by atoms with Gasteiger partial charge in [-0.2, -0.15) is 5.10 Å². The van der Waals surface area contributed by atoms with E-state index in [0.29, 0.717) is 11.7 Å². The molecule has 2 aromatic carbocycles. The van der Waals surface area contributed by atoms with Crippen LogP contribution in [0, 0.1) is 0 Å². The van der Waals surface area contributed by atoms with Gasteiger partial charge in [-0.25, -0.2) is 0 Å². The van der Waals surface area contributed by atoms with E-state index in [1.54, 1.807) is 6.21 Å². The Morgan fingerprint density at radius 3 is 2.52 bits per heavy atom. The number of hydrogen-bond acceptors (Lipinski definition) is 3. The molecule has 0 unspecified atom stereocenters. The fourth-order valence-corrected chi connectivity index (χ4v) is 2.95. The molecule has 6 heteroatoms. The van der Waals surface area contributed by atoms with Crippen LogP contribution in [0.25, 0.3) is 0 Å². The summed E-state index contributed by atoms with van der Waals surface area (Å²) in [6.07, 6.45) is 1.70. The van der Waals surface area contributed by atoms with E-state index >= 15 is 0 Å². The van der Waals surface area contributed by atoms with Gasteiger partial charge in [0.1, 0.15) is 12.4 Å². The second-order valence-corrected chi connectivity index (χ2v) is 8.47. The van der Waals surface area contributed by atoms with Crippen LogP contribution in [0.1, 0.15) is 44.4 Å². The molecule has 0 bridgehead atoms. The molecule has 0 amide bonds. The van der Waals surface area contributed by atoms with Crippen LogP contribution in [0.3, 0.4) is 0 Å². The molecule has 144 valence electrons. The van der Waals surface area contributed by atoms with Gasteiger partial charge in [0.05, 0.1) is 6.21 Å². The number of halogens is 1. The normalized spacial score (nSPS) is 11.4. The van der Waals surface area contributed by atoms with E-state index in [4.69, 9.17) is 17.0 Å². The first-order valence-electron chi connectivity index (χ1n) is 8.88. The van der Waals surface area contributed by atoms with Crippen LogP contribution in [-0.2, 0) is 12.0 Å². The lowest BCUT2D eigenvalue weighted by Gasteiger charge is -2.19. The molecule has 2 rings (SSSR count). The van der Waals surface area contributed by atoms with Crippen molar-refractivity contribution in [3.63, 3.8) is 0 Å². The highest BCUT2D eigenvalue weighted by molar-refractivity contribution is 9.10. The molecule has 27 heavy (non-hydrogen) atoms. The summed E-state index contributed by atoms with van der Waals surface area (Å²) in [5.74, 6) is 0.762. The van der Waals surface area contributed by atoms with Gasteiger partial charge in [0.2, 0.25) is 0 Å². The lowest BCUT2D eigenvalue weighted by molar-refractivity contribution is 0.305. The summed E-state index contributed by atoms with van der Waals surface area (Å²) < 4.78 is 6.98. The number of nitrogens with zero attached hydrogens (tertiary/aromatic N) is 1. The number of hydrazone groups is 1. The minimum absolute atomic E-state index is 0.148. The molecule has 0 fully saturated rings. The standard InChI is InChI=1S/C21H26BrN3OS/c1-5-23-20(27)25-24-13-16-12-18(22)10-11-19(16)26-14-15-6-8-17(9-7-15)21(2,3)4/h6-13H,5,14H2,1-4H3,(H2,23,25,27)/b24-13+. The van der Waals surface area contributed by atoms with E-state index < -0.39 is 0 Å². The Morgan fingerprint density at radius 2 is 1.89 bits per heavy atom. The van der Waals surface area contributed by atoms with Gasteiger partial charge in [0.15, 0.2) is 5.11 Å². The molecular formula is C21H26BrN3OS. The number of thiocarbonyl (C=S) groups is 1. The molecule has 0 heterocycles. The van der Waals surface area contributed by atoms with Crippen molar-refractivity contribution in [2.24, 2.45) is 5.10 Å². The van der Waals surface area contributed by atoms with Gasteiger partial charge in [-0.15, -0.1) is 0 Å². The second-order valence-electron chi connectivity index (χ2n) is 7.15. The number of benzene rings is 2. The topological polar surface area (TPSA) is 45.7 Å². The van der Waals surface area contributed by atoms with Crippen LogP contribution < -0.4 is 15.5 Å². The molecule has 0 radical (unpaired) electrons. The molecule has 0 aliphatic rings. The molecule has 0 atom stereocenters. The number of rotatable bonds is 6. The summed E-state index contributed by atoms with van der Waals surface area (Å²) >= 11 is 8.59. The van der Waals surface area contributed by atoms with Crippen molar-refractivity contribution in [2.75, 3.05) is 6.54 Å². The van der Waals surface area contributed by atoms with Crippen molar-refractivity contribution in [1.29, 1.82) is 0 Å². The van der Waals surface area contributed by atoms with Gasteiger partial charge in [-0.1, -0.05) is 61.0 Å². The molecule has 0 saturated heterocycles. The van der Waals surface area contributed by atoms with E-state index in [9.17, 15) is 0 Å². The van der Waals surface area contributed by atoms with Crippen LogP contribution in [0.4, 0.5) is 0 Å². The average molecular weight is 448 g/mol. The van der Waals surface area contributed by atoms with Gasteiger partial charge in [-0.3, -0.25) is 5.43 Å². The lowest BCUT2D eigenvalue weighted by Crippen LogP contribution is -2.31. The summed E-state index contributed by atoms with van der Waals surface area (Å²) in [4.78, 5) is 0. The Balaban J connectivity index is 2.05. The predicted octanol–water partition coefficient (Wildman–Crippen LogP) is 5.14. The molecule has 4 nitrogen and oxygen atoms in total. The van der Waals surface area contributed by atoms with Crippen LogP contribution in [0.2, 0.25) is 0 Å². The minimum atomic E-state index is 0.148. The van der Waals surface area contributed by atoms with Gasteiger partial charge < -0.3 is 10.1 Å². The molecule has 2 N–H and O–H groups in total. The zero-order chi connectivity index (χ0) is 19.9. The maximum Gasteiger partial charge on any atom is 0.186 e. The fraction of sp³-hybridized carbons (Fsp3) is 0.333. The van der Waals surface area contributed by atoms with Gasteiger partial charge in [0, 0.05) is 16.6 Å². The molecule has 0 saturated carbocycles. The Kier molecular flexibility index (Phi) is 7.80. The van der Waals surface area contributed by atoms with Crippen LogP contribution in [0.5, 0.6) is 5.75 Å². The number of hydrogen-bond donors (Lipinski definition) is 2. The Bertz CT molecular complexity index is 798. The molecule has 0 aromatic heterocycles. The monoisotopic (exact) mass is 447 g/mol. The van der Waals surface area contributed by atoms with E-state index in [1.165, 1.54) is 5.56 Å². The van der Waals surface area contributed by atoms with E-state index in [2.05, 4.69) is 76.8 Å². The van der Waals surface area contributed by atoms with Crippen LogP contribution in [0.15, 0.2) is 52.0 Å². The van der Waals surface area contributed by atoms with Gasteiger partial charge in [-0.05, 0) is 53.9 Å². The van der Waals surface area contributed by atoms with Crippen molar-refractivity contribution in [3.8, 4) is 5.75 Å². The second kappa shape index (κ2) is 9.85. The first kappa shape index (κ1) is 21.4. The molecule has 2 aromatic rings. The van der Waals surface area contributed by atoms with Crippen molar-refractivity contribution < 1.29 is 4.74 Å². The zero-order valence-electron chi connectivity index (χ0n) is 16.2. The first-order valence-corrected chi connectivity index (χ1v) is 10.1. The molecule has 0 spiro atoms. The first-order chi connectivity index (χ1) is 12.8. The summed E-state index contributed by atoms with van der Waals surface area (Å²) in [5.41, 5.74) is 6.24. The van der Waals surface area contributed by atoms with Crippen molar-refractivity contribution in [3.05, 3.63) is 63.6 Å².